The number of nitrogens with one attached hydrogen (secondary N) is 1. The van der Waals surface area contributed by atoms with Crippen LogP contribution in [0.2, 0.25) is 0 Å². The Morgan fingerprint density at radius 2 is 2.13 bits per heavy atom. The number of aliphatic carboxylic acids is 1. The summed E-state index contributed by atoms with van der Waals surface area (Å²) < 4.78 is 14.1. The van der Waals surface area contributed by atoms with Gasteiger partial charge in [-0.2, -0.15) is 0 Å². The van der Waals surface area contributed by atoms with Crippen molar-refractivity contribution in [1.82, 2.24) is 4.72 Å². The van der Waals surface area contributed by atoms with E-state index in [-0.39, 0.29) is 0 Å². The zero-order valence-electron chi connectivity index (χ0n) is 7.94. The van der Waals surface area contributed by atoms with Crippen LogP contribution in [0.1, 0.15) is 11.6 Å². The van der Waals surface area contributed by atoms with Gasteiger partial charge in [0.2, 0.25) is 0 Å². The summed E-state index contributed by atoms with van der Waals surface area (Å²) in [6.45, 7) is 0. The van der Waals surface area contributed by atoms with Crippen LogP contribution in [0, 0.1) is 0 Å². The molecule has 0 aromatic heterocycles. The quantitative estimate of drug-likeness (QED) is 0.883. The molecule has 0 aliphatic carbocycles. The molecule has 1 rings (SSSR count). The summed E-state index contributed by atoms with van der Waals surface area (Å²) in [5, 5.41) is 8.98. The molecule has 0 aliphatic rings. The fourth-order valence-electron chi connectivity index (χ4n) is 1.12. The Morgan fingerprint density at radius 1 is 1.53 bits per heavy atom. The second-order valence-corrected chi connectivity index (χ2v) is 4.86. The maximum atomic E-state index is 11.0. The van der Waals surface area contributed by atoms with E-state index in [2.05, 4.69) is 20.7 Å². The lowest BCUT2D eigenvalue weighted by molar-refractivity contribution is -0.139. The number of benzene rings is 1. The molecule has 0 bridgehead atoms. The fraction of sp³-hybridized carbons (Fsp3) is 0.222. The summed E-state index contributed by atoms with van der Waals surface area (Å²) >= 11 is 3.25. The number of carboxylic acids is 1. The molecule has 0 saturated carbocycles. The number of hydrogen-bond donors (Lipinski definition) is 2. The highest BCUT2D eigenvalue weighted by Crippen LogP contribution is 2.23. The van der Waals surface area contributed by atoms with Crippen molar-refractivity contribution in [3.63, 3.8) is 0 Å². The van der Waals surface area contributed by atoms with E-state index in [1.54, 1.807) is 24.3 Å². The van der Waals surface area contributed by atoms with Crippen LogP contribution in [-0.4, -0.2) is 21.5 Å². The molecule has 0 radical (unpaired) electrons. The molecule has 2 atom stereocenters. The highest BCUT2D eigenvalue weighted by atomic mass is 79.9. The van der Waals surface area contributed by atoms with Crippen LogP contribution in [-0.2, 0) is 15.8 Å². The zero-order valence-corrected chi connectivity index (χ0v) is 10.3. The van der Waals surface area contributed by atoms with Gasteiger partial charge in [-0.25, -0.2) is 8.93 Å². The maximum absolute atomic E-state index is 11.0. The Bertz CT molecular complexity index is 397. The molecule has 4 nitrogen and oxygen atoms in total. The Morgan fingerprint density at radius 3 is 2.60 bits per heavy atom. The van der Waals surface area contributed by atoms with Crippen molar-refractivity contribution >= 4 is 32.9 Å². The van der Waals surface area contributed by atoms with Gasteiger partial charge in [0.15, 0.2) is 0 Å². The number of halogens is 1. The van der Waals surface area contributed by atoms with Gasteiger partial charge in [-0.1, -0.05) is 34.1 Å². The maximum Gasteiger partial charge on any atom is 0.326 e. The van der Waals surface area contributed by atoms with E-state index in [0.717, 1.165) is 0 Å². The Kier molecular flexibility index (Phi) is 4.44. The zero-order chi connectivity index (χ0) is 11.4. The molecule has 15 heavy (non-hydrogen) atoms. The highest BCUT2D eigenvalue weighted by molar-refractivity contribution is 9.10. The van der Waals surface area contributed by atoms with Gasteiger partial charge in [0, 0.05) is 10.7 Å². The van der Waals surface area contributed by atoms with Crippen molar-refractivity contribution in [1.29, 1.82) is 0 Å². The van der Waals surface area contributed by atoms with E-state index in [1.807, 2.05) is 0 Å². The molecule has 0 heterocycles. The topological polar surface area (TPSA) is 66.4 Å². The van der Waals surface area contributed by atoms with E-state index in [0.29, 0.717) is 10.0 Å². The van der Waals surface area contributed by atoms with Crippen molar-refractivity contribution in [2.75, 3.05) is 6.26 Å². The van der Waals surface area contributed by atoms with Gasteiger partial charge in [0.25, 0.3) is 0 Å². The first kappa shape index (κ1) is 12.4. The summed E-state index contributed by atoms with van der Waals surface area (Å²) in [5.41, 5.74) is 0.556. The SMILES string of the molecule is CS(=O)NC(C(=O)O)c1ccccc1Br. The molecular weight excluding hydrogens is 282 g/mol. The molecule has 0 amide bonds. The number of carbonyl (C=O) groups is 1. The second kappa shape index (κ2) is 5.39. The van der Waals surface area contributed by atoms with E-state index in [4.69, 9.17) is 5.11 Å². The Hall–Kier alpha value is -0.720. The third kappa shape index (κ3) is 3.40. The Balaban J connectivity index is 3.04. The average molecular weight is 292 g/mol. The van der Waals surface area contributed by atoms with Crippen LogP contribution in [0.25, 0.3) is 0 Å². The minimum absolute atomic E-state index is 0.556. The molecule has 2 N–H and O–H groups in total. The molecule has 1 aromatic carbocycles. The lowest BCUT2D eigenvalue weighted by Crippen LogP contribution is -2.29. The van der Waals surface area contributed by atoms with Crippen molar-refractivity contribution in [2.45, 2.75) is 6.04 Å². The average Bonchev–Trinajstić information content (AvgIpc) is 2.15. The molecule has 0 saturated heterocycles. The van der Waals surface area contributed by atoms with Crippen molar-refractivity contribution in [3.8, 4) is 0 Å². The Labute approximate surface area is 98.4 Å². The van der Waals surface area contributed by atoms with Gasteiger partial charge in [0.05, 0.1) is 11.0 Å². The predicted octanol–water partition coefficient (Wildman–Crippen LogP) is 1.46. The standard InChI is InChI=1S/C9H10BrNO3S/c1-15(14)11-8(9(12)13)6-4-2-3-5-7(6)10/h2-5,8,11H,1H3,(H,12,13). The predicted molar refractivity (Wildman–Crippen MR) is 61.7 cm³/mol. The van der Waals surface area contributed by atoms with E-state index in [1.165, 1.54) is 6.26 Å². The molecule has 82 valence electrons. The molecule has 6 heteroatoms. The van der Waals surface area contributed by atoms with Gasteiger partial charge in [-0.05, 0) is 11.6 Å². The van der Waals surface area contributed by atoms with Crippen LogP contribution in [0.5, 0.6) is 0 Å². The van der Waals surface area contributed by atoms with Crippen molar-refractivity contribution in [3.05, 3.63) is 34.3 Å². The van der Waals surface area contributed by atoms with Crippen molar-refractivity contribution in [2.24, 2.45) is 0 Å². The first-order valence-corrected chi connectivity index (χ1v) is 6.44. The lowest BCUT2D eigenvalue weighted by atomic mass is 10.1. The molecule has 0 fully saturated rings. The van der Waals surface area contributed by atoms with Crippen LogP contribution < -0.4 is 4.72 Å². The third-order valence-corrected chi connectivity index (χ3v) is 3.04. The fourth-order valence-corrected chi connectivity index (χ4v) is 2.20. The van der Waals surface area contributed by atoms with E-state index in [9.17, 15) is 9.00 Å². The molecule has 0 spiro atoms. The number of carboxylic acid groups (broad SMARTS) is 1. The summed E-state index contributed by atoms with van der Waals surface area (Å²) in [4.78, 5) is 11.0. The molecule has 2 unspecified atom stereocenters. The largest absolute Gasteiger partial charge is 0.480 e. The summed E-state index contributed by atoms with van der Waals surface area (Å²) in [7, 11) is -1.38. The van der Waals surface area contributed by atoms with Crippen LogP contribution in [0.3, 0.4) is 0 Å². The van der Waals surface area contributed by atoms with Gasteiger partial charge < -0.3 is 5.11 Å². The lowest BCUT2D eigenvalue weighted by Gasteiger charge is -2.14. The summed E-state index contributed by atoms with van der Waals surface area (Å²) in [6.07, 6.45) is 1.40. The minimum atomic E-state index is -1.38. The monoisotopic (exact) mass is 291 g/mol. The normalized spacial score (nSPS) is 14.5. The molecule has 0 aliphatic heterocycles. The van der Waals surface area contributed by atoms with Crippen LogP contribution in [0.4, 0.5) is 0 Å². The van der Waals surface area contributed by atoms with Gasteiger partial charge >= 0.3 is 5.97 Å². The van der Waals surface area contributed by atoms with Gasteiger partial charge in [-0.15, -0.1) is 0 Å². The van der Waals surface area contributed by atoms with Crippen molar-refractivity contribution < 1.29 is 14.1 Å². The first-order valence-electron chi connectivity index (χ1n) is 4.09. The number of rotatable bonds is 4. The molecular formula is C9H10BrNO3S. The first-order chi connectivity index (χ1) is 7.02. The minimum Gasteiger partial charge on any atom is -0.480 e. The smallest absolute Gasteiger partial charge is 0.326 e. The second-order valence-electron chi connectivity index (χ2n) is 2.86. The highest BCUT2D eigenvalue weighted by Gasteiger charge is 2.22. The summed E-state index contributed by atoms with van der Waals surface area (Å²) in [5.74, 6) is -1.06. The van der Waals surface area contributed by atoms with E-state index >= 15 is 0 Å². The molecule has 1 aromatic rings. The van der Waals surface area contributed by atoms with Crippen LogP contribution >= 0.6 is 15.9 Å². The van der Waals surface area contributed by atoms with Gasteiger partial charge in [-0.3, -0.25) is 4.79 Å². The summed E-state index contributed by atoms with van der Waals surface area (Å²) in [6, 6.07) is 5.96. The number of hydrogen-bond acceptors (Lipinski definition) is 2. The van der Waals surface area contributed by atoms with E-state index < -0.39 is 23.0 Å². The van der Waals surface area contributed by atoms with Gasteiger partial charge in [0.1, 0.15) is 6.04 Å². The third-order valence-electron chi connectivity index (χ3n) is 1.75. The van der Waals surface area contributed by atoms with Crippen LogP contribution in [0.15, 0.2) is 28.7 Å².